The summed E-state index contributed by atoms with van der Waals surface area (Å²) in [7, 11) is 0. The van der Waals surface area contributed by atoms with Crippen molar-refractivity contribution in [3.05, 3.63) is 58.3 Å². The Balaban J connectivity index is 1.70. The molecule has 2 aromatic rings. The fourth-order valence-corrected chi connectivity index (χ4v) is 2.34. The molecule has 2 rings (SSSR count). The van der Waals surface area contributed by atoms with E-state index in [-0.39, 0.29) is 5.91 Å². The highest BCUT2D eigenvalue weighted by Crippen LogP contribution is 2.14. The summed E-state index contributed by atoms with van der Waals surface area (Å²) in [4.78, 5) is 15.9. The number of aryl methyl sites for hydroxylation is 2. The average molecular weight is 347 g/mol. The molecular weight excluding hydrogens is 328 g/mol. The minimum absolute atomic E-state index is 0.0573. The van der Waals surface area contributed by atoms with Gasteiger partial charge in [0.25, 0.3) is 0 Å². The Labute approximate surface area is 133 Å². The Bertz CT molecular complexity index is 596. The van der Waals surface area contributed by atoms with Crippen LogP contribution in [0.15, 0.2) is 47.2 Å². The highest BCUT2D eigenvalue weighted by atomic mass is 79.9. The van der Waals surface area contributed by atoms with E-state index >= 15 is 0 Å². The van der Waals surface area contributed by atoms with Crippen LogP contribution in [0.5, 0.6) is 0 Å². The summed E-state index contributed by atoms with van der Waals surface area (Å²) in [5.74, 6) is 0.0573. The molecule has 1 aromatic heterocycles. The summed E-state index contributed by atoms with van der Waals surface area (Å²) in [5.41, 5.74) is 3.14. The zero-order valence-electron chi connectivity index (χ0n) is 12.1. The van der Waals surface area contributed by atoms with E-state index in [9.17, 15) is 4.79 Å². The highest BCUT2D eigenvalue weighted by Gasteiger charge is 2.04. The maximum Gasteiger partial charge on any atom is 0.224 e. The predicted molar refractivity (Wildman–Crippen MR) is 89.3 cm³/mol. The molecule has 1 amide bonds. The molecule has 4 heteroatoms. The lowest BCUT2D eigenvalue weighted by Crippen LogP contribution is -2.12. The van der Waals surface area contributed by atoms with Gasteiger partial charge in [0.1, 0.15) is 0 Å². The fraction of sp³-hybridized carbons (Fsp3) is 0.294. The third-order valence-corrected chi connectivity index (χ3v) is 3.87. The number of hydrogen-bond donors (Lipinski definition) is 1. The monoisotopic (exact) mass is 346 g/mol. The first kappa shape index (κ1) is 15.7. The van der Waals surface area contributed by atoms with Crippen molar-refractivity contribution in [1.29, 1.82) is 0 Å². The van der Waals surface area contributed by atoms with E-state index in [2.05, 4.69) is 38.4 Å². The molecule has 1 N–H and O–H groups in total. The molecule has 1 heterocycles. The smallest absolute Gasteiger partial charge is 0.224 e. The van der Waals surface area contributed by atoms with Crippen LogP contribution in [-0.2, 0) is 11.2 Å². The highest BCUT2D eigenvalue weighted by molar-refractivity contribution is 9.10. The van der Waals surface area contributed by atoms with E-state index in [1.165, 1.54) is 5.56 Å². The van der Waals surface area contributed by atoms with Gasteiger partial charge in [-0.25, -0.2) is 0 Å². The quantitative estimate of drug-likeness (QED) is 0.782. The largest absolute Gasteiger partial charge is 0.325 e. The molecule has 0 aliphatic heterocycles. The molecule has 0 unspecified atom stereocenters. The van der Waals surface area contributed by atoms with Crippen LogP contribution < -0.4 is 5.32 Å². The fourth-order valence-electron chi connectivity index (χ4n) is 2.07. The first-order chi connectivity index (χ1) is 10.1. The molecule has 0 spiro atoms. The molecule has 21 heavy (non-hydrogen) atoms. The number of pyridine rings is 1. The van der Waals surface area contributed by atoms with Gasteiger partial charge in [-0.1, -0.05) is 28.1 Å². The van der Waals surface area contributed by atoms with E-state index < -0.39 is 0 Å². The number of aromatic nitrogens is 1. The van der Waals surface area contributed by atoms with Gasteiger partial charge in [-0.2, -0.15) is 0 Å². The number of carbonyl (C=O) groups excluding carboxylic acids is 1. The molecule has 0 bridgehead atoms. The van der Waals surface area contributed by atoms with Crippen molar-refractivity contribution >= 4 is 27.5 Å². The van der Waals surface area contributed by atoms with Crippen molar-refractivity contribution in [2.45, 2.75) is 32.6 Å². The van der Waals surface area contributed by atoms with Gasteiger partial charge in [0.05, 0.1) is 11.9 Å². The number of halogens is 1. The topological polar surface area (TPSA) is 42.0 Å². The van der Waals surface area contributed by atoms with Gasteiger partial charge in [-0.05, 0) is 55.5 Å². The number of nitrogens with zero attached hydrogens (tertiary/aromatic N) is 1. The van der Waals surface area contributed by atoms with Crippen LogP contribution in [0, 0.1) is 6.92 Å². The summed E-state index contributed by atoms with van der Waals surface area (Å²) < 4.78 is 1.09. The minimum atomic E-state index is 0.0573. The Kier molecular flexibility index (Phi) is 5.93. The predicted octanol–water partition coefficient (Wildman–Crippen LogP) is 4.50. The van der Waals surface area contributed by atoms with Crippen LogP contribution in [0.4, 0.5) is 5.69 Å². The lowest BCUT2D eigenvalue weighted by Gasteiger charge is -2.07. The second kappa shape index (κ2) is 7.93. The number of unbranched alkanes of at least 4 members (excludes halogenated alkanes) is 1. The van der Waals surface area contributed by atoms with Gasteiger partial charge in [0.2, 0.25) is 5.91 Å². The first-order valence-electron chi connectivity index (χ1n) is 7.10. The Morgan fingerprint density at radius 1 is 1.19 bits per heavy atom. The van der Waals surface area contributed by atoms with E-state index in [1.54, 1.807) is 12.4 Å². The second-order valence-corrected chi connectivity index (χ2v) is 5.99. The average Bonchev–Trinajstić information content (AvgIpc) is 2.48. The molecular formula is C17H19BrN2O. The Morgan fingerprint density at radius 2 is 1.95 bits per heavy atom. The number of benzene rings is 1. The maximum atomic E-state index is 11.9. The molecule has 0 aliphatic rings. The minimum Gasteiger partial charge on any atom is -0.325 e. The summed E-state index contributed by atoms with van der Waals surface area (Å²) in [6.07, 6.45) is 6.87. The summed E-state index contributed by atoms with van der Waals surface area (Å²) in [6, 6.07) is 10.2. The van der Waals surface area contributed by atoms with E-state index in [1.807, 2.05) is 25.1 Å². The van der Waals surface area contributed by atoms with Crippen molar-refractivity contribution < 1.29 is 4.79 Å². The normalized spacial score (nSPS) is 10.4. The molecule has 0 saturated carbocycles. The van der Waals surface area contributed by atoms with Gasteiger partial charge >= 0.3 is 0 Å². The summed E-state index contributed by atoms with van der Waals surface area (Å²) in [6.45, 7) is 1.96. The van der Waals surface area contributed by atoms with Gasteiger partial charge in [-0.15, -0.1) is 0 Å². The van der Waals surface area contributed by atoms with Crippen LogP contribution in [0.25, 0.3) is 0 Å². The van der Waals surface area contributed by atoms with Crippen molar-refractivity contribution in [3.63, 3.8) is 0 Å². The van der Waals surface area contributed by atoms with Gasteiger partial charge in [0.15, 0.2) is 0 Å². The van der Waals surface area contributed by atoms with Crippen LogP contribution in [-0.4, -0.2) is 10.9 Å². The van der Waals surface area contributed by atoms with Crippen molar-refractivity contribution in [2.75, 3.05) is 5.32 Å². The van der Waals surface area contributed by atoms with E-state index in [0.29, 0.717) is 6.42 Å². The van der Waals surface area contributed by atoms with Crippen LogP contribution >= 0.6 is 15.9 Å². The summed E-state index contributed by atoms with van der Waals surface area (Å²) in [5, 5.41) is 2.91. The molecule has 0 radical (unpaired) electrons. The molecule has 110 valence electrons. The van der Waals surface area contributed by atoms with Crippen molar-refractivity contribution in [1.82, 2.24) is 4.98 Å². The molecule has 0 aliphatic carbocycles. The number of nitrogens with one attached hydrogen (secondary N) is 1. The standard InChI is InChI=1S/C17H19BrN2O/c1-13-10-11-19-12-16(13)20-17(21)5-3-2-4-14-6-8-15(18)9-7-14/h6-12H,2-5H2,1H3,(H,20,21). The lowest BCUT2D eigenvalue weighted by molar-refractivity contribution is -0.116. The van der Waals surface area contributed by atoms with Crippen LogP contribution in [0.3, 0.4) is 0 Å². The lowest BCUT2D eigenvalue weighted by atomic mass is 10.1. The molecule has 0 atom stereocenters. The molecule has 0 fully saturated rings. The van der Waals surface area contributed by atoms with Crippen molar-refractivity contribution in [3.8, 4) is 0 Å². The van der Waals surface area contributed by atoms with E-state index in [0.717, 1.165) is 35.0 Å². The Morgan fingerprint density at radius 3 is 2.67 bits per heavy atom. The third kappa shape index (κ3) is 5.31. The zero-order chi connectivity index (χ0) is 15.1. The maximum absolute atomic E-state index is 11.9. The number of hydrogen-bond acceptors (Lipinski definition) is 2. The van der Waals surface area contributed by atoms with Gasteiger partial charge in [-0.3, -0.25) is 9.78 Å². The molecule has 3 nitrogen and oxygen atoms in total. The molecule has 1 aromatic carbocycles. The number of amides is 1. The first-order valence-corrected chi connectivity index (χ1v) is 7.89. The number of rotatable bonds is 6. The van der Waals surface area contributed by atoms with Crippen LogP contribution in [0.2, 0.25) is 0 Å². The second-order valence-electron chi connectivity index (χ2n) is 5.07. The van der Waals surface area contributed by atoms with Gasteiger partial charge in [0, 0.05) is 17.1 Å². The van der Waals surface area contributed by atoms with Crippen LogP contribution in [0.1, 0.15) is 30.4 Å². The number of anilines is 1. The summed E-state index contributed by atoms with van der Waals surface area (Å²) >= 11 is 3.43. The number of carbonyl (C=O) groups is 1. The van der Waals surface area contributed by atoms with E-state index in [4.69, 9.17) is 0 Å². The molecule has 0 saturated heterocycles. The Hall–Kier alpha value is -1.68. The third-order valence-electron chi connectivity index (χ3n) is 3.35. The SMILES string of the molecule is Cc1ccncc1NC(=O)CCCCc1ccc(Br)cc1. The zero-order valence-corrected chi connectivity index (χ0v) is 13.7. The van der Waals surface area contributed by atoms with Crippen molar-refractivity contribution in [2.24, 2.45) is 0 Å². The van der Waals surface area contributed by atoms with Gasteiger partial charge < -0.3 is 5.32 Å².